The van der Waals surface area contributed by atoms with Crippen LogP contribution in [0.5, 0.6) is 17.2 Å². The van der Waals surface area contributed by atoms with Crippen LogP contribution in [-0.2, 0) is 4.79 Å². The number of hydrogen-bond donors (Lipinski definition) is 1. The molecule has 154 valence electrons. The summed E-state index contributed by atoms with van der Waals surface area (Å²) in [5.74, 6) is 1.96. The van der Waals surface area contributed by atoms with E-state index in [1.54, 1.807) is 45.7 Å². The van der Waals surface area contributed by atoms with Crippen molar-refractivity contribution in [3.05, 3.63) is 66.1 Å². The number of aryl methyl sites for hydroxylation is 1. The highest BCUT2D eigenvalue weighted by Crippen LogP contribution is 2.38. The van der Waals surface area contributed by atoms with Crippen molar-refractivity contribution in [3.63, 3.8) is 0 Å². The van der Waals surface area contributed by atoms with Gasteiger partial charge < -0.3 is 19.5 Å². The molecule has 7 heteroatoms. The van der Waals surface area contributed by atoms with Crippen molar-refractivity contribution in [2.45, 2.75) is 6.92 Å². The summed E-state index contributed by atoms with van der Waals surface area (Å²) in [5, 5.41) is 2.86. The monoisotopic (exact) mass is 405 g/mol. The zero-order chi connectivity index (χ0) is 21.5. The van der Waals surface area contributed by atoms with Crippen LogP contribution in [0.3, 0.4) is 0 Å². The van der Waals surface area contributed by atoms with Gasteiger partial charge in [0.05, 0.1) is 27.0 Å². The number of amides is 1. The normalized spacial score (nSPS) is 10.7. The summed E-state index contributed by atoms with van der Waals surface area (Å²) in [6.45, 7) is 1.84. The summed E-state index contributed by atoms with van der Waals surface area (Å²) < 4.78 is 16.0. The molecule has 3 aromatic rings. The van der Waals surface area contributed by atoms with Crippen LogP contribution >= 0.6 is 0 Å². The van der Waals surface area contributed by atoms with Crippen molar-refractivity contribution in [1.29, 1.82) is 0 Å². The number of hydrogen-bond acceptors (Lipinski definition) is 6. The van der Waals surface area contributed by atoms with E-state index in [1.165, 1.54) is 6.08 Å². The number of carbonyl (C=O) groups is 1. The average molecular weight is 405 g/mol. The molecule has 0 saturated heterocycles. The fourth-order valence-corrected chi connectivity index (χ4v) is 2.93. The van der Waals surface area contributed by atoms with Gasteiger partial charge in [-0.25, -0.2) is 9.97 Å². The summed E-state index contributed by atoms with van der Waals surface area (Å²) in [7, 11) is 4.63. The molecule has 0 unspecified atom stereocenters. The first-order chi connectivity index (χ1) is 14.5. The van der Waals surface area contributed by atoms with E-state index in [0.717, 1.165) is 16.8 Å². The fourth-order valence-electron chi connectivity index (χ4n) is 2.93. The number of benzene rings is 2. The first kappa shape index (κ1) is 20.9. The minimum Gasteiger partial charge on any atom is -0.493 e. The predicted octanol–water partition coefficient (Wildman–Crippen LogP) is 4.13. The molecular formula is C23H23N3O4. The third-order valence-corrected chi connectivity index (χ3v) is 4.32. The van der Waals surface area contributed by atoms with Crippen LogP contribution in [0.2, 0.25) is 0 Å². The van der Waals surface area contributed by atoms with Crippen molar-refractivity contribution in [2.24, 2.45) is 0 Å². The molecule has 30 heavy (non-hydrogen) atoms. The van der Waals surface area contributed by atoms with Crippen LogP contribution in [0.15, 0.2) is 54.7 Å². The number of nitrogens with zero attached hydrogens (tertiary/aromatic N) is 2. The van der Waals surface area contributed by atoms with Gasteiger partial charge in [-0.1, -0.05) is 12.1 Å². The Morgan fingerprint density at radius 1 is 1.00 bits per heavy atom. The molecule has 1 heterocycles. The van der Waals surface area contributed by atoms with Crippen LogP contribution < -0.4 is 19.5 Å². The van der Waals surface area contributed by atoms with E-state index in [2.05, 4.69) is 15.3 Å². The van der Waals surface area contributed by atoms with Crippen molar-refractivity contribution >= 4 is 17.7 Å². The average Bonchev–Trinajstić information content (AvgIpc) is 2.77. The highest BCUT2D eigenvalue weighted by atomic mass is 16.5. The molecule has 3 rings (SSSR count). The van der Waals surface area contributed by atoms with Crippen molar-refractivity contribution in [1.82, 2.24) is 9.97 Å². The zero-order valence-electron chi connectivity index (χ0n) is 17.3. The number of nitrogens with one attached hydrogen (secondary N) is 1. The van der Waals surface area contributed by atoms with Crippen LogP contribution in [0, 0.1) is 6.92 Å². The van der Waals surface area contributed by atoms with Gasteiger partial charge in [-0.2, -0.15) is 0 Å². The SMILES string of the molecule is COc1cc(/C=C/C(=O)Nc2cccc(-c3ccnc(C)n3)c2)cc(OC)c1OC. The molecule has 2 aromatic carbocycles. The van der Waals surface area contributed by atoms with Gasteiger partial charge in [-0.15, -0.1) is 0 Å². The number of aromatic nitrogens is 2. The lowest BCUT2D eigenvalue weighted by atomic mass is 10.1. The molecule has 0 aliphatic carbocycles. The molecule has 0 aliphatic rings. The van der Waals surface area contributed by atoms with E-state index in [-0.39, 0.29) is 5.91 Å². The molecule has 1 aromatic heterocycles. The first-order valence-corrected chi connectivity index (χ1v) is 9.23. The predicted molar refractivity (Wildman–Crippen MR) is 116 cm³/mol. The smallest absolute Gasteiger partial charge is 0.248 e. The maximum absolute atomic E-state index is 12.4. The number of carbonyl (C=O) groups excluding carboxylic acids is 1. The summed E-state index contributed by atoms with van der Waals surface area (Å²) in [6.07, 6.45) is 4.84. The summed E-state index contributed by atoms with van der Waals surface area (Å²) >= 11 is 0. The van der Waals surface area contributed by atoms with E-state index < -0.39 is 0 Å². The van der Waals surface area contributed by atoms with E-state index in [9.17, 15) is 4.79 Å². The first-order valence-electron chi connectivity index (χ1n) is 9.23. The minimum absolute atomic E-state index is 0.264. The van der Waals surface area contributed by atoms with Crippen LogP contribution in [0.1, 0.15) is 11.4 Å². The lowest BCUT2D eigenvalue weighted by Crippen LogP contribution is -2.07. The van der Waals surface area contributed by atoms with Crippen LogP contribution in [-0.4, -0.2) is 37.2 Å². The molecule has 0 saturated carbocycles. The molecule has 0 bridgehead atoms. The van der Waals surface area contributed by atoms with Gasteiger partial charge >= 0.3 is 0 Å². The molecule has 1 N–H and O–H groups in total. The highest BCUT2D eigenvalue weighted by molar-refractivity contribution is 6.02. The topological polar surface area (TPSA) is 82.6 Å². The third kappa shape index (κ3) is 4.94. The van der Waals surface area contributed by atoms with E-state index >= 15 is 0 Å². The number of anilines is 1. The number of ether oxygens (including phenoxy) is 3. The van der Waals surface area contributed by atoms with Gasteiger partial charge in [-0.3, -0.25) is 4.79 Å². The molecule has 0 fully saturated rings. The summed E-state index contributed by atoms with van der Waals surface area (Å²) in [4.78, 5) is 20.9. The Labute approximate surface area is 175 Å². The Kier molecular flexibility index (Phi) is 6.64. The lowest BCUT2D eigenvalue weighted by Gasteiger charge is -2.12. The van der Waals surface area contributed by atoms with Crippen LogP contribution in [0.4, 0.5) is 5.69 Å². The molecule has 7 nitrogen and oxygen atoms in total. The Hall–Kier alpha value is -3.87. The second kappa shape index (κ2) is 9.56. The Morgan fingerprint density at radius 3 is 2.37 bits per heavy atom. The standard InChI is InChI=1S/C23H23N3O4/c1-15-24-11-10-19(25-15)17-6-5-7-18(14-17)26-22(27)9-8-16-12-20(28-2)23(30-4)21(13-16)29-3/h5-14H,1-4H3,(H,26,27)/b9-8+. The van der Waals surface area contributed by atoms with Crippen molar-refractivity contribution in [3.8, 4) is 28.5 Å². The minimum atomic E-state index is -0.264. The second-order valence-electron chi connectivity index (χ2n) is 6.35. The number of methoxy groups -OCH3 is 3. The van der Waals surface area contributed by atoms with Gasteiger partial charge in [0.2, 0.25) is 11.7 Å². The van der Waals surface area contributed by atoms with Gasteiger partial charge in [0.15, 0.2) is 11.5 Å². The maximum Gasteiger partial charge on any atom is 0.248 e. The molecule has 0 atom stereocenters. The van der Waals surface area contributed by atoms with Crippen molar-refractivity contribution in [2.75, 3.05) is 26.6 Å². The van der Waals surface area contributed by atoms with E-state index in [0.29, 0.717) is 28.8 Å². The van der Waals surface area contributed by atoms with Gasteiger partial charge in [-0.05, 0) is 48.9 Å². The van der Waals surface area contributed by atoms with E-state index in [4.69, 9.17) is 14.2 Å². The highest BCUT2D eigenvalue weighted by Gasteiger charge is 2.12. The summed E-state index contributed by atoms with van der Waals surface area (Å²) in [6, 6.07) is 12.9. The number of rotatable bonds is 7. The Balaban J connectivity index is 1.76. The van der Waals surface area contributed by atoms with Gasteiger partial charge in [0.25, 0.3) is 0 Å². The van der Waals surface area contributed by atoms with E-state index in [1.807, 2.05) is 37.3 Å². The Morgan fingerprint density at radius 2 is 1.73 bits per heavy atom. The van der Waals surface area contributed by atoms with Crippen LogP contribution in [0.25, 0.3) is 17.3 Å². The molecular weight excluding hydrogens is 382 g/mol. The molecule has 0 spiro atoms. The lowest BCUT2D eigenvalue weighted by molar-refractivity contribution is -0.111. The largest absolute Gasteiger partial charge is 0.493 e. The zero-order valence-corrected chi connectivity index (χ0v) is 17.3. The fraction of sp³-hybridized carbons (Fsp3) is 0.174. The van der Waals surface area contributed by atoms with Gasteiger partial charge in [0.1, 0.15) is 5.82 Å². The Bertz CT molecular complexity index is 1050. The maximum atomic E-state index is 12.4. The summed E-state index contributed by atoms with van der Waals surface area (Å²) in [5.41, 5.74) is 3.10. The quantitative estimate of drug-likeness (QED) is 0.595. The second-order valence-corrected chi connectivity index (χ2v) is 6.35. The molecule has 0 aliphatic heterocycles. The third-order valence-electron chi connectivity index (χ3n) is 4.32. The van der Waals surface area contributed by atoms with Gasteiger partial charge in [0, 0.05) is 23.5 Å². The molecule has 0 radical (unpaired) electrons. The molecule has 1 amide bonds. The van der Waals surface area contributed by atoms with Crippen molar-refractivity contribution < 1.29 is 19.0 Å².